The molecule has 1 aromatic heterocycles. The van der Waals surface area contributed by atoms with Crippen LogP contribution >= 0.6 is 15.9 Å². The number of rotatable bonds is 4. The molecule has 0 radical (unpaired) electrons. The highest BCUT2D eigenvalue weighted by molar-refractivity contribution is 9.10. The van der Waals surface area contributed by atoms with E-state index in [9.17, 15) is 25.0 Å². The largest absolute Gasteiger partial charge is 0.320 e. The summed E-state index contributed by atoms with van der Waals surface area (Å²) in [5, 5.41) is 28.3. The van der Waals surface area contributed by atoms with E-state index in [4.69, 9.17) is 0 Å². The number of carbonyl (C=O) groups is 1. The van der Waals surface area contributed by atoms with Gasteiger partial charge >= 0.3 is 0 Å². The van der Waals surface area contributed by atoms with Crippen LogP contribution in [0.2, 0.25) is 0 Å². The van der Waals surface area contributed by atoms with Gasteiger partial charge in [0.05, 0.1) is 26.2 Å². The summed E-state index contributed by atoms with van der Waals surface area (Å²) in [7, 11) is 1.54. The van der Waals surface area contributed by atoms with Gasteiger partial charge in [0.1, 0.15) is 11.3 Å². The first-order valence-corrected chi connectivity index (χ1v) is 6.94. The van der Waals surface area contributed by atoms with Crippen LogP contribution in [0, 0.1) is 27.2 Å². The molecule has 0 unspecified atom stereocenters. The molecule has 1 heterocycles. The molecule has 11 heteroatoms. The molecule has 0 spiro atoms. The molecule has 0 bridgehead atoms. The van der Waals surface area contributed by atoms with Crippen molar-refractivity contribution in [2.24, 2.45) is 7.05 Å². The highest BCUT2D eigenvalue weighted by Gasteiger charge is 2.24. The number of benzene rings is 1. The van der Waals surface area contributed by atoms with E-state index >= 15 is 0 Å². The summed E-state index contributed by atoms with van der Waals surface area (Å²) in [6, 6.07) is 2.15. The van der Waals surface area contributed by atoms with Crippen LogP contribution in [0.4, 0.5) is 17.1 Å². The quantitative estimate of drug-likeness (QED) is 0.636. The Hall–Kier alpha value is -2.82. The standard InChI is InChI=1S/C12H10BrN5O5/c1-6-9(17(20)21)3-7(4-10(6)18(22)23)15-12(19)11-8(13)5-14-16(11)2/h3-5H,1-2H3,(H,15,19). The molecule has 0 aliphatic rings. The van der Waals surface area contributed by atoms with Gasteiger partial charge in [0, 0.05) is 19.2 Å². The molecule has 120 valence electrons. The van der Waals surface area contributed by atoms with E-state index in [-0.39, 0.29) is 16.9 Å². The average Bonchev–Trinajstić information content (AvgIpc) is 2.79. The second-order valence-corrected chi connectivity index (χ2v) is 5.43. The van der Waals surface area contributed by atoms with Crippen molar-refractivity contribution in [3.8, 4) is 0 Å². The van der Waals surface area contributed by atoms with E-state index in [0.717, 1.165) is 12.1 Å². The summed E-state index contributed by atoms with van der Waals surface area (Å²) in [4.78, 5) is 32.8. The number of halogens is 1. The highest BCUT2D eigenvalue weighted by atomic mass is 79.9. The van der Waals surface area contributed by atoms with Crippen LogP contribution in [0.15, 0.2) is 22.8 Å². The lowest BCUT2D eigenvalue weighted by molar-refractivity contribution is -0.395. The maximum absolute atomic E-state index is 12.2. The van der Waals surface area contributed by atoms with Crippen LogP contribution in [0.5, 0.6) is 0 Å². The average molecular weight is 384 g/mol. The first kappa shape index (κ1) is 16.5. The summed E-state index contributed by atoms with van der Waals surface area (Å²) in [6.45, 7) is 1.28. The molecular weight excluding hydrogens is 374 g/mol. The van der Waals surface area contributed by atoms with Gasteiger partial charge in [-0.25, -0.2) is 0 Å². The summed E-state index contributed by atoms with van der Waals surface area (Å²) < 4.78 is 1.73. The molecule has 1 aromatic carbocycles. The smallest absolute Gasteiger partial charge is 0.281 e. The van der Waals surface area contributed by atoms with Gasteiger partial charge < -0.3 is 5.32 Å². The number of nitrogens with one attached hydrogen (secondary N) is 1. The maximum Gasteiger partial charge on any atom is 0.281 e. The number of aryl methyl sites for hydroxylation is 1. The van der Waals surface area contributed by atoms with Crippen LogP contribution in [0.1, 0.15) is 16.1 Å². The van der Waals surface area contributed by atoms with Crippen LogP contribution in [0.3, 0.4) is 0 Å². The van der Waals surface area contributed by atoms with Crippen molar-refractivity contribution in [1.82, 2.24) is 9.78 Å². The van der Waals surface area contributed by atoms with Crippen LogP contribution in [0.25, 0.3) is 0 Å². The Labute approximate surface area is 137 Å². The fraction of sp³-hybridized carbons (Fsp3) is 0.167. The fourth-order valence-electron chi connectivity index (χ4n) is 1.99. The Kier molecular flexibility index (Phi) is 4.40. The Morgan fingerprint density at radius 3 is 2.17 bits per heavy atom. The molecule has 23 heavy (non-hydrogen) atoms. The Bertz CT molecular complexity index is 777. The predicted molar refractivity (Wildman–Crippen MR) is 83.3 cm³/mol. The lowest BCUT2D eigenvalue weighted by Gasteiger charge is -2.07. The zero-order valence-corrected chi connectivity index (χ0v) is 13.5. The number of nitrogens with zero attached hydrogens (tertiary/aromatic N) is 4. The lowest BCUT2D eigenvalue weighted by Crippen LogP contribution is -2.17. The van der Waals surface area contributed by atoms with Crippen LogP contribution in [-0.4, -0.2) is 25.5 Å². The molecule has 1 N–H and O–H groups in total. The van der Waals surface area contributed by atoms with E-state index in [1.54, 1.807) is 7.05 Å². The lowest BCUT2D eigenvalue weighted by atomic mass is 10.1. The van der Waals surface area contributed by atoms with Gasteiger partial charge in [-0.1, -0.05) is 0 Å². The second kappa shape index (κ2) is 6.12. The van der Waals surface area contributed by atoms with Crippen LogP contribution in [-0.2, 0) is 7.05 Å². The first-order valence-electron chi connectivity index (χ1n) is 6.14. The number of nitro groups is 2. The normalized spacial score (nSPS) is 10.4. The molecule has 10 nitrogen and oxygen atoms in total. The molecule has 0 aliphatic heterocycles. The van der Waals surface area contributed by atoms with E-state index < -0.39 is 27.1 Å². The van der Waals surface area contributed by atoms with E-state index in [1.165, 1.54) is 17.8 Å². The van der Waals surface area contributed by atoms with E-state index in [1.807, 2.05) is 0 Å². The number of aromatic nitrogens is 2. The Morgan fingerprint density at radius 2 is 1.78 bits per heavy atom. The van der Waals surface area contributed by atoms with Crippen molar-refractivity contribution in [3.63, 3.8) is 0 Å². The molecule has 1 amide bonds. The number of carbonyl (C=O) groups excluding carboxylic acids is 1. The Balaban J connectivity index is 2.46. The number of nitro benzene ring substituents is 2. The molecular formula is C12H10BrN5O5. The van der Waals surface area contributed by atoms with Gasteiger partial charge in [0.25, 0.3) is 17.3 Å². The van der Waals surface area contributed by atoms with Gasteiger partial charge in [0.2, 0.25) is 0 Å². The summed E-state index contributed by atoms with van der Waals surface area (Å²) >= 11 is 3.16. The molecule has 2 aromatic rings. The third kappa shape index (κ3) is 3.18. The zero-order valence-electron chi connectivity index (χ0n) is 11.9. The van der Waals surface area contributed by atoms with Crippen molar-refractivity contribution in [3.05, 3.63) is 54.3 Å². The van der Waals surface area contributed by atoms with Crippen molar-refractivity contribution >= 4 is 38.9 Å². The Morgan fingerprint density at radius 1 is 1.26 bits per heavy atom. The number of hydrogen-bond acceptors (Lipinski definition) is 6. The zero-order chi connectivity index (χ0) is 17.3. The fourth-order valence-corrected chi connectivity index (χ4v) is 2.52. The van der Waals surface area contributed by atoms with Gasteiger partial charge in [-0.3, -0.25) is 29.7 Å². The molecule has 2 rings (SSSR count). The minimum atomic E-state index is -0.738. The van der Waals surface area contributed by atoms with E-state index in [2.05, 4.69) is 26.3 Å². The third-order valence-electron chi connectivity index (χ3n) is 3.11. The monoisotopic (exact) mass is 383 g/mol. The molecule has 0 fully saturated rings. The number of amides is 1. The third-order valence-corrected chi connectivity index (χ3v) is 3.69. The number of anilines is 1. The van der Waals surface area contributed by atoms with Gasteiger partial charge in [-0.2, -0.15) is 5.10 Å². The van der Waals surface area contributed by atoms with Crippen molar-refractivity contribution in [1.29, 1.82) is 0 Å². The molecule has 0 saturated heterocycles. The van der Waals surface area contributed by atoms with E-state index in [0.29, 0.717) is 4.47 Å². The first-order chi connectivity index (χ1) is 10.7. The van der Waals surface area contributed by atoms with Crippen molar-refractivity contribution < 1.29 is 14.6 Å². The molecule has 0 aliphatic carbocycles. The minimum Gasteiger partial charge on any atom is -0.320 e. The van der Waals surface area contributed by atoms with Crippen LogP contribution < -0.4 is 5.32 Å². The minimum absolute atomic E-state index is 0.0490. The summed E-state index contributed by atoms with van der Waals surface area (Å²) in [6.07, 6.45) is 1.41. The molecule has 0 saturated carbocycles. The predicted octanol–water partition coefficient (Wildman–Crippen LogP) is 2.56. The van der Waals surface area contributed by atoms with Crippen molar-refractivity contribution in [2.45, 2.75) is 6.92 Å². The SMILES string of the molecule is Cc1c([N+](=O)[O-])cc(NC(=O)c2c(Br)cnn2C)cc1[N+](=O)[O-]. The summed E-state index contributed by atoms with van der Waals surface area (Å²) in [5.74, 6) is -0.607. The maximum atomic E-state index is 12.2. The van der Waals surface area contributed by atoms with Crippen molar-refractivity contribution in [2.75, 3.05) is 5.32 Å². The second-order valence-electron chi connectivity index (χ2n) is 4.57. The summed E-state index contributed by atoms with van der Waals surface area (Å²) in [5.41, 5.74) is -0.847. The number of hydrogen-bond donors (Lipinski definition) is 1. The highest BCUT2D eigenvalue weighted by Crippen LogP contribution is 2.32. The van der Waals surface area contributed by atoms with Gasteiger partial charge in [-0.15, -0.1) is 0 Å². The van der Waals surface area contributed by atoms with Gasteiger partial charge in [-0.05, 0) is 22.9 Å². The van der Waals surface area contributed by atoms with Gasteiger partial charge in [0.15, 0.2) is 0 Å². The molecule has 0 atom stereocenters. The topological polar surface area (TPSA) is 133 Å².